The molecule has 1 aliphatic carbocycles. The molecule has 1 saturated heterocycles. The van der Waals surface area contributed by atoms with Crippen LogP contribution in [0.25, 0.3) is 0 Å². The standard InChI is InChI=1S/C15H20O3/c1-11-7-12(3-4-13(11)17-2)15(9-18-10-15)14(8-16)5-6-14/h3-4,7,16H,5-6,8-10H2,1-2H3. The first-order valence-electron chi connectivity index (χ1n) is 6.51. The minimum absolute atomic E-state index is 0.0266. The minimum atomic E-state index is 0.0266. The first-order valence-corrected chi connectivity index (χ1v) is 6.51. The average molecular weight is 248 g/mol. The summed E-state index contributed by atoms with van der Waals surface area (Å²) in [6.45, 7) is 3.80. The summed E-state index contributed by atoms with van der Waals surface area (Å²) in [6, 6.07) is 6.35. The molecule has 0 amide bonds. The van der Waals surface area contributed by atoms with Crippen LogP contribution in [0.2, 0.25) is 0 Å². The van der Waals surface area contributed by atoms with Crippen LogP contribution in [-0.2, 0) is 10.2 Å². The predicted molar refractivity (Wildman–Crippen MR) is 69.0 cm³/mol. The van der Waals surface area contributed by atoms with Crippen LogP contribution in [0.4, 0.5) is 0 Å². The van der Waals surface area contributed by atoms with Crippen LogP contribution >= 0.6 is 0 Å². The van der Waals surface area contributed by atoms with Crippen LogP contribution < -0.4 is 4.74 Å². The summed E-state index contributed by atoms with van der Waals surface area (Å²) in [7, 11) is 1.69. The van der Waals surface area contributed by atoms with E-state index in [1.54, 1.807) is 7.11 Å². The normalized spacial score (nSPS) is 23.3. The molecule has 18 heavy (non-hydrogen) atoms. The van der Waals surface area contributed by atoms with Gasteiger partial charge in [0.05, 0.1) is 20.3 Å². The number of aliphatic hydroxyl groups is 1. The molecule has 3 heteroatoms. The summed E-state index contributed by atoms with van der Waals surface area (Å²) in [5, 5.41) is 9.71. The number of ether oxygens (including phenoxy) is 2. The van der Waals surface area contributed by atoms with Crippen molar-refractivity contribution < 1.29 is 14.6 Å². The fraction of sp³-hybridized carbons (Fsp3) is 0.600. The van der Waals surface area contributed by atoms with E-state index in [9.17, 15) is 5.11 Å². The van der Waals surface area contributed by atoms with Crippen molar-refractivity contribution >= 4 is 0 Å². The Bertz CT molecular complexity index is 459. The monoisotopic (exact) mass is 248 g/mol. The highest BCUT2D eigenvalue weighted by molar-refractivity contribution is 5.43. The zero-order chi connectivity index (χ0) is 12.8. The second-order valence-corrected chi connectivity index (χ2v) is 5.70. The van der Waals surface area contributed by atoms with Crippen molar-refractivity contribution in [3.63, 3.8) is 0 Å². The van der Waals surface area contributed by atoms with Crippen LogP contribution in [-0.4, -0.2) is 32.0 Å². The van der Waals surface area contributed by atoms with Gasteiger partial charge in [-0.3, -0.25) is 0 Å². The number of hydrogen-bond donors (Lipinski definition) is 1. The Hall–Kier alpha value is -1.06. The van der Waals surface area contributed by atoms with Crippen molar-refractivity contribution in [2.75, 3.05) is 26.9 Å². The zero-order valence-electron chi connectivity index (χ0n) is 11.0. The second-order valence-electron chi connectivity index (χ2n) is 5.70. The Morgan fingerprint density at radius 1 is 1.33 bits per heavy atom. The molecular formula is C15H20O3. The van der Waals surface area contributed by atoms with Crippen molar-refractivity contribution in [1.29, 1.82) is 0 Å². The van der Waals surface area contributed by atoms with Gasteiger partial charge in [0.1, 0.15) is 5.75 Å². The third-order valence-electron chi connectivity index (χ3n) is 4.82. The van der Waals surface area contributed by atoms with E-state index in [4.69, 9.17) is 9.47 Å². The molecule has 0 aromatic heterocycles. The van der Waals surface area contributed by atoms with Crippen molar-refractivity contribution in [2.24, 2.45) is 5.41 Å². The van der Waals surface area contributed by atoms with E-state index in [0.29, 0.717) is 0 Å². The molecule has 0 spiro atoms. The number of aliphatic hydroxyl groups excluding tert-OH is 1. The molecule has 1 saturated carbocycles. The van der Waals surface area contributed by atoms with E-state index in [2.05, 4.69) is 19.1 Å². The number of hydrogen-bond acceptors (Lipinski definition) is 3. The summed E-state index contributed by atoms with van der Waals surface area (Å²) < 4.78 is 10.8. The van der Waals surface area contributed by atoms with Crippen LogP contribution in [0, 0.1) is 12.3 Å². The molecule has 3 nitrogen and oxygen atoms in total. The summed E-state index contributed by atoms with van der Waals surface area (Å²) >= 11 is 0. The number of rotatable bonds is 4. The quantitative estimate of drug-likeness (QED) is 0.886. The fourth-order valence-electron chi connectivity index (χ4n) is 3.20. The molecule has 3 rings (SSSR count). The molecule has 2 fully saturated rings. The van der Waals surface area contributed by atoms with Crippen LogP contribution in [0.3, 0.4) is 0 Å². The molecule has 1 aromatic rings. The van der Waals surface area contributed by atoms with E-state index in [0.717, 1.165) is 37.4 Å². The zero-order valence-corrected chi connectivity index (χ0v) is 11.0. The highest BCUT2D eigenvalue weighted by Gasteiger charge is 2.63. The van der Waals surface area contributed by atoms with Gasteiger partial charge in [0.15, 0.2) is 0 Å². The number of methoxy groups -OCH3 is 1. The molecule has 98 valence electrons. The lowest BCUT2D eigenvalue weighted by atomic mass is 9.66. The molecule has 0 bridgehead atoms. The number of aryl methyl sites for hydroxylation is 1. The van der Waals surface area contributed by atoms with E-state index < -0.39 is 0 Å². The maximum absolute atomic E-state index is 9.71. The minimum Gasteiger partial charge on any atom is -0.496 e. The molecular weight excluding hydrogens is 228 g/mol. The van der Waals surface area contributed by atoms with E-state index in [-0.39, 0.29) is 17.4 Å². The lowest BCUT2D eigenvalue weighted by Gasteiger charge is -2.48. The Morgan fingerprint density at radius 3 is 2.44 bits per heavy atom. The molecule has 1 N–H and O–H groups in total. The topological polar surface area (TPSA) is 38.7 Å². The first kappa shape index (κ1) is 12.0. The SMILES string of the molecule is COc1ccc(C2(C3(CO)CC3)COC2)cc1C. The van der Waals surface area contributed by atoms with Crippen molar-refractivity contribution in [2.45, 2.75) is 25.2 Å². The maximum Gasteiger partial charge on any atom is 0.121 e. The van der Waals surface area contributed by atoms with Crippen LogP contribution in [0.15, 0.2) is 18.2 Å². The molecule has 0 radical (unpaired) electrons. The Balaban J connectivity index is 2.00. The van der Waals surface area contributed by atoms with Gasteiger partial charge in [0.2, 0.25) is 0 Å². The largest absolute Gasteiger partial charge is 0.496 e. The first-order chi connectivity index (χ1) is 8.67. The van der Waals surface area contributed by atoms with Gasteiger partial charge in [-0.05, 0) is 37.0 Å². The summed E-state index contributed by atoms with van der Waals surface area (Å²) in [4.78, 5) is 0. The number of benzene rings is 1. The molecule has 1 aromatic carbocycles. The van der Waals surface area contributed by atoms with Gasteiger partial charge < -0.3 is 14.6 Å². The third-order valence-corrected chi connectivity index (χ3v) is 4.82. The van der Waals surface area contributed by atoms with Gasteiger partial charge >= 0.3 is 0 Å². The highest BCUT2D eigenvalue weighted by atomic mass is 16.5. The summed E-state index contributed by atoms with van der Waals surface area (Å²) in [5.41, 5.74) is 2.53. The van der Waals surface area contributed by atoms with E-state index in [1.165, 1.54) is 5.56 Å². The highest BCUT2D eigenvalue weighted by Crippen LogP contribution is 2.62. The molecule has 1 aliphatic heterocycles. The van der Waals surface area contributed by atoms with Gasteiger partial charge in [-0.1, -0.05) is 12.1 Å². The van der Waals surface area contributed by atoms with Gasteiger partial charge in [0, 0.05) is 17.4 Å². The third kappa shape index (κ3) is 1.44. The summed E-state index contributed by atoms with van der Waals surface area (Å²) in [6.07, 6.45) is 2.22. The fourth-order valence-corrected chi connectivity index (χ4v) is 3.20. The lowest BCUT2D eigenvalue weighted by molar-refractivity contribution is -0.110. The smallest absolute Gasteiger partial charge is 0.121 e. The molecule has 0 unspecified atom stereocenters. The Morgan fingerprint density at radius 2 is 2.06 bits per heavy atom. The van der Waals surface area contributed by atoms with Crippen molar-refractivity contribution in [3.05, 3.63) is 29.3 Å². The van der Waals surface area contributed by atoms with Crippen LogP contribution in [0.5, 0.6) is 5.75 Å². The Labute approximate surface area is 108 Å². The van der Waals surface area contributed by atoms with Crippen molar-refractivity contribution in [3.8, 4) is 5.75 Å². The molecule has 0 atom stereocenters. The predicted octanol–water partition coefficient (Wildman–Crippen LogP) is 2.04. The van der Waals surface area contributed by atoms with Gasteiger partial charge in [-0.15, -0.1) is 0 Å². The Kier molecular flexibility index (Phi) is 2.65. The second kappa shape index (κ2) is 3.97. The maximum atomic E-state index is 9.71. The summed E-state index contributed by atoms with van der Waals surface area (Å²) in [5.74, 6) is 0.919. The van der Waals surface area contributed by atoms with Crippen LogP contribution in [0.1, 0.15) is 24.0 Å². The van der Waals surface area contributed by atoms with Gasteiger partial charge in [-0.25, -0.2) is 0 Å². The van der Waals surface area contributed by atoms with Crippen molar-refractivity contribution in [1.82, 2.24) is 0 Å². The van der Waals surface area contributed by atoms with E-state index in [1.807, 2.05) is 6.07 Å². The lowest BCUT2D eigenvalue weighted by Crippen LogP contribution is -2.55. The molecule has 1 heterocycles. The van der Waals surface area contributed by atoms with E-state index >= 15 is 0 Å². The average Bonchev–Trinajstić information content (AvgIpc) is 3.09. The van der Waals surface area contributed by atoms with Gasteiger partial charge in [0.25, 0.3) is 0 Å². The van der Waals surface area contributed by atoms with Gasteiger partial charge in [-0.2, -0.15) is 0 Å². The molecule has 2 aliphatic rings.